The smallest absolute Gasteiger partial charge is 0.325 e. The number of carbonyl (C=O) groups excluding carboxylic acids is 1. The van der Waals surface area contributed by atoms with Crippen molar-refractivity contribution in [2.45, 2.75) is 31.8 Å². The van der Waals surface area contributed by atoms with Gasteiger partial charge in [0.1, 0.15) is 12.2 Å². The van der Waals surface area contributed by atoms with Crippen molar-refractivity contribution in [3.05, 3.63) is 35.9 Å². The van der Waals surface area contributed by atoms with Crippen LogP contribution in [0.4, 0.5) is 0 Å². The summed E-state index contributed by atoms with van der Waals surface area (Å²) in [6, 6.07) is 3.51. The van der Waals surface area contributed by atoms with Crippen LogP contribution in [0.2, 0.25) is 0 Å². The van der Waals surface area contributed by atoms with Crippen LogP contribution in [-0.4, -0.2) is 43.1 Å². The fourth-order valence-corrected chi connectivity index (χ4v) is 2.25. The molecule has 1 saturated carbocycles. The van der Waals surface area contributed by atoms with Crippen molar-refractivity contribution in [2.24, 2.45) is 0 Å². The molecule has 1 fully saturated rings. The van der Waals surface area contributed by atoms with Crippen LogP contribution in [0.15, 0.2) is 24.5 Å². The summed E-state index contributed by atoms with van der Waals surface area (Å²) >= 11 is 0. The van der Waals surface area contributed by atoms with Gasteiger partial charge in [0.15, 0.2) is 0 Å². The van der Waals surface area contributed by atoms with Gasteiger partial charge in [-0.1, -0.05) is 0 Å². The number of carbonyl (C=O) groups is 2. The Bertz CT molecular complexity index is 686. The van der Waals surface area contributed by atoms with Gasteiger partial charge in [-0.25, -0.2) is 4.68 Å². The van der Waals surface area contributed by atoms with Gasteiger partial charge in [0.25, 0.3) is 5.91 Å². The second-order valence-electron chi connectivity index (χ2n) is 5.30. The quantitative estimate of drug-likeness (QED) is 0.774. The van der Waals surface area contributed by atoms with Gasteiger partial charge in [-0.3, -0.25) is 14.3 Å². The predicted octanol–water partition coefficient (Wildman–Crippen LogP) is 0.472. The van der Waals surface area contributed by atoms with Crippen molar-refractivity contribution in [1.82, 2.24) is 24.9 Å². The van der Waals surface area contributed by atoms with E-state index in [1.165, 1.54) is 25.1 Å². The van der Waals surface area contributed by atoms with Crippen molar-refractivity contribution in [3.63, 3.8) is 0 Å². The van der Waals surface area contributed by atoms with E-state index in [9.17, 15) is 9.59 Å². The van der Waals surface area contributed by atoms with Crippen LogP contribution >= 0.6 is 0 Å². The monoisotopic (exact) mass is 303 g/mol. The van der Waals surface area contributed by atoms with Gasteiger partial charge < -0.3 is 10.4 Å². The highest BCUT2D eigenvalue weighted by atomic mass is 16.4. The molecule has 2 aromatic rings. The zero-order valence-electron chi connectivity index (χ0n) is 12.0. The zero-order valence-corrected chi connectivity index (χ0v) is 12.0. The van der Waals surface area contributed by atoms with Crippen molar-refractivity contribution in [3.8, 4) is 0 Å². The first-order valence-electron chi connectivity index (χ1n) is 7.18. The molecule has 0 radical (unpaired) electrons. The first kappa shape index (κ1) is 14.3. The molecule has 1 aliphatic rings. The van der Waals surface area contributed by atoms with E-state index in [-0.39, 0.29) is 18.1 Å². The molecule has 0 unspecified atom stereocenters. The maximum Gasteiger partial charge on any atom is 0.325 e. The van der Waals surface area contributed by atoms with Crippen LogP contribution in [0, 0.1) is 0 Å². The lowest BCUT2D eigenvalue weighted by atomic mass is 10.3. The first-order valence-corrected chi connectivity index (χ1v) is 7.18. The Labute approximate surface area is 126 Å². The van der Waals surface area contributed by atoms with Gasteiger partial charge in [-0.15, -0.1) is 0 Å². The summed E-state index contributed by atoms with van der Waals surface area (Å²) in [5.74, 6) is -0.767. The van der Waals surface area contributed by atoms with E-state index in [4.69, 9.17) is 5.11 Å². The molecule has 1 aliphatic carbocycles. The summed E-state index contributed by atoms with van der Waals surface area (Å²) in [6.07, 6.45) is 5.74. The van der Waals surface area contributed by atoms with Crippen molar-refractivity contribution in [2.75, 3.05) is 6.54 Å². The number of carboxylic acid groups (broad SMARTS) is 1. The SMILES string of the molecule is O=C(O)Cn1nccc1C(=O)NCCn1ccc(C2CC2)n1. The van der Waals surface area contributed by atoms with Gasteiger partial charge in [-0.2, -0.15) is 10.2 Å². The van der Waals surface area contributed by atoms with Gasteiger partial charge in [-0.05, 0) is 25.0 Å². The van der Waals surface area contributed by atoms with E-state index in [0.717, 1.165) is 10.4 Å². The molecule has 8 nitrogen and oxygen atoms in total. The van der Waals surface area contributed by atoms with Crippen LogP contribution in [-0.2, 0) is 17.9 Å². The number of rotatable bonds is 7. The van der Waals surface area contributed by atoms with Gasteiger partial charge in [0, 0.05) is 24.9 Å². The van der Waals surface area contributed by atoms with Gasteiger partial charge >= 0.3 is 5.97 Å². The highest BCUT2D eigenvalue weighted by molar-refractivity contribution is 5.92. The minimum atomic E-state index is -1.04. The van der Waals surface area contributed by atoms with Crippen LogP contribution in [0.25, 0.3) is 0 Å². The summed E-state index contributed by atoms with van der Waals surface area (Å²) in [4.78, 5) is 22.7. The number of aliphatic carboxylic acids is 1. The molecule has 8 heteroatoms. The summed E-state index contributed by atoms with van der Waals surface area (Å²) < 4.78 is 2.97. The molecule has 2 heterocycles. The van der Waals surface area contributed by atoms with E-state index in [0.29, 0.717) is 19.0 Å². The second-order valence-corrected chi connectivity index (χ2v) is 5.30. The van der Waals surface area contributed by atoms with E-state index >= 15 is 0 Å². The summed E-state index contributed by atoms with van der Waals surface area (Å²) in [5.41, 5.74) is 1.35. The molecule has 0 aliphatic heterocycles. The first-order chi connectivity index (χ1) is 10.6. The number of nitrogens with one attached hydrogen (secondary N) is 1. The molecule has 2 N–H and O–H groups in total. The lowest BCUT2D eigenvalue weighted by Gasteiger charge is -2.07. The lowest BCUT2D eigenvalue weighted by Crippen LogP contribution is -2.30. The number of hydrogen-bond donors (Lipinski definition) is 2. The molecule has 116 valence electrons. The zero-order chi connectivity index (χ0) is 15.5. The molecule has 0 aromatic carbocycles. The van der Waals surface area contributed by atoms with E-state index < -0.39 is 5.97 Å². The minimum absolute atomic E-state index is 0.238. The summed E-state index contributed by atoms with van der Waals surface area (Å²) in [6.45, 7) is 0.661. The number of nitrogens with zero attached hydrogens (tertiary/aromatic N) is 4. The Hall–Kier alpha value is -2.64. The second kappa shape index (κ2) is 6.00. The molecule has 0 bridgehead atoms. The Morgan fingerprint density at radius 3 is 2.91 bits per heavy atom. The van der Waals surface area contributed by atoms with Crippen molar-refractivity contribution >= 4 is 11.9 Å². The molecule has 2 aromatic heterocycles. The Morgan fingerprint density at radius 2 is 2.18 bits per heavy atom. The number of aromatic nitrogens is 4. The number of hydrogen-bond acceptors (Lipinski definition) is 4. The molecule has 1 amide bonds. The third kappa shape index (κ3) is 3.33. The fraction of sp³-hybridized carbons (Fsp3) is 0.429. The summed E-state index contributed by atoms with van der Waals surface area (Å²) in [7, 11) is 0. The topological polar surface area (TPSA) is 102 Å². The normalized spacial score (nSPS) is 14.0. The molecular weight excluding hydrogens is 286 g/mol. The van der Waals surface area contributed by atoms with Crippen molar-refractivity contribution in [1.29, 1.82) is 0 Å². The third-order valence-electron chi connectivity index (χ3n) is 3.52. The standard InChI is InChI=1S/C14H17N5O3/c20-13(21)9-19-12(3-5-16-19)14(22)15-6-8-18-7-4-11(17-18)10-1-2-10/h3-5,7,10H,1-2,6,8-9H2,(H,15,22)(H,20,21). The van der Waals surface area contributed by atoms with Gasteiger partial charge in [0.05, 0.1) is 12.2 Å². The Balaban J connectivity index is 1.51. The van der Waals surface area contributed by atoms with Gasteiger partial charge in [0.2, 0.25) is 0 Å². The van der Waals surface area contributed by atoms with Crippen molar-refractivity contribution < 1.29 is 14.7 Å². The van der Waals surface area contributed by atoms with E-state index in [2.05, 4.69) is 15.5 Å². The lowest BCUT2D eigenvalue weighted by molar-refractivity contribution is -0.137. The largest absolute Gasteiger partial charge is 0.480 e. The minimum Gasteiger partial charge on any atom is -0.480 e. The number of amides is 1. The molecule has 0 saturated heterocycles. The maximum absolute atomic E-state index is 12.0. The van der Waals surface area contributed by atoms with E-state index in [1.54, 1.807) is 0 Å². The Morgan fingerprint density at radius 1 is 1.36 bits per heavy atom. The third-order valence-corrected chi connectivity index (χ3v) is 3.52. The highest BCUT2D eigenvalue weighted by Crippen LogP contribution is 2.38. The molecule has 0 spiro atoms. The maximum atomic E-state index is 12.0. The Kier molecular flexibility index (Phi) is 3.90. The highest BCUT2D eigenvalue weighted by Gasteiger charge is 2.25. The van der Waals surface area contributed by atoms with Crippen LogP contribution in [0.3, 0.4) is 0 Å². The van der Waals surface area contributed by atoms with Crippen LogP contribution in [0.1, 0.15) is 34.9 Å². The predicted molar refractivity (Wildman–Crippen MR) is 76.4 cm³/mol. The van der Waals surface area contributed by atoms with E-state index in [1.807, 2.05) is 16.9 Å². The average molecular weight is 303 g/mol. The number of carboxylic acids is 1. The van der Waals surface area contributed by atoms with Crippen LogP contribution < -0.4 is 5.32 Å². The summed E-state index contributed by atoms with van der Waals surface area (Å²) in [5, 5.41) is 19.8. The molecule has 0 atom stereocenters. The molecular formula is C14H17N5O3. The van der Waals surface area contributed by atoms with Crippen LogP contribution in [0.5, 0.6) is 0 Å². The molecule has 22 heavy (non-hydrogen) atoms. The molecule has 3 rings (SSSR count). The average Bonchev–Trinajstić information content (AvgIpc) is 3.04. The fourth-order valence-electron chi connectivity index (χ4n) is 2.25.